The van der Waals surface area contributed by atoms with Gasteiger partial charge in [-0.3, -0.25) is 4.79 Å². The maximum Gasteiger partial charge on any atom is 0.271 e. The molecule has 30 heavy (non-hydrogen) atoms. The van der Waals surface area contributed by atoms with Crippen LogP contribution < -0.4 is 10.2 Å². The third-order valence-corrected chi connectivity index (χ3v) is 4.97. The van der Waals surface area contributed by atoms with Gasteiger partial charge < -0.3 is 4.74 Å². The first kappa shape index (κ1) is 23.6. The van der Waals surface area contributed by atoms with Crippen LogP contribution in [0.25, 0.3) is 0 Å². The van der Waals surface area contributed by atoms with Crippen molar-refractivity contribution in [2.75, 3.05) is 6.61 Å². The van der Waals surface area contributed by atoms with Crippen molar-refractivity contribution in [3.05, 3.63) is 65.5 Å². The van der Waals surface area contributed by atoms with Crippen LogP contribution in [-0.4, -0.2) is 18.2 Å². The number of nitrogens with zero attached hydrogens (tertiary/aromatic N) is 1. The molecule has 5 heteroatoms. The zero-order valence-electron chi connectivity index (χ0n) is 18.1. The monoisotopic (exact) mass is 412 g/mol. The van der Waals surface area contributed by atoms with Crippen LogP contribution in [0.3, 0.4) is 0 Å². The summed E-state index contributed by atoms with van der Waals surface area (Å²) in [5, 5.41) is 4.09. The molecular formula is C25H33FN2O2. The molecular weight excluding hydrogens is 379 g/mol. The lowest BCUT2D eigenvalue weighted by Crippen LogP contribution is -2.19. The van der Waals surface area contributed by atoms with Crippen molar-refractivity contribution in [3.8, 4) is 5.75 Å². The molecule has 0 saturated heterocycles. The van der Waals surface area contributed by atoms with E-state index in [0.29, 0.717) is 17.9 Å². The van der Waals surface area contributed by atoms with E-state index < -0.39 is 0 Å². The Morgan fingerprint density at radius 3 is 2.07 bits per heavy atom. The summed E-state index contributed by atoms with van der Waals surface area (Å²) in [6.45, 7) is 4.69. The van der Waals surface area contributed by atoms with Gasteiger partial charge in [-0.25, -0.2) is 9.82 Å². The Hall–Kier alpha value is -2.69. The second-order valence-corrected chi connectivity index (χ2v) is 7.49. The van der Waals surface area contributed by atoms with Gasteiger partial charge in [0.15, 0.2) is 0 Å². The maximum absolute atomic E-state index is 13.0. The smallest absolute Gasteiger partial charge is 0.271 e. The molecule has 0 aliphatic carbocycles. The highest BCUT2D eigenvalue weighted by Crippen LogP contribution is 2.14. The van der Waals surface area contributed by atoms with Crippen molar-refractivity contribution in [1.29, 1.82) is 0 Å². The largest absolute Gasteiger partial charge is 0.494 e. The minimum Gasteiger partial charge on any atom is -0.494 e. The number of carbonyl (C=O) groups is 1. The molecule has 0 radical (unpaired) electrons. The van der Waals surface area contributed by atoms with Gasteiger partial charge >= 0.3 is 0 Å². The molecule has 0 aromatic heterocycles. The van der Waals surface area contributed by atoms with E-state index in [-0.39, 0.29) is 11.7 Å². The second kappa shape index (κ2) is 13.5. The van der Waals surface area contributed by atoms with Crippen LogP contribution in [0.1, 0.15) is 81.1 Å². The standard InChI is InChI=1S/C25H33FN2O2/c1-3-4-5-6-7-8-9-10-19-30-24-17-13-22(14-18-24)25(29)28-27-20(2)21-11-15-23(26)16-12-21/h11-18H,3-10,19H2,1-2H3,(H,28,29)/b27-20+. The van der Waals surface area contributed by atoms with Gasteiger partial charge in [-0.05, 0) is 55.3 Å². The third kappa shape index (κ3) is 8.76. The van der Waals surface area contributed by atoms with Crippen molar-refractivity contribution >= 4 is 11.6 Å². The predicted molar refractivity (Wildman–Crippen MR) is 121 cm³/mol. The second-order valence-electron chi connectivity index (χ2n) is 7.49. The number of rotatable bonds is 13. The molecule has 0 spiro atoms. The molecule has 2 rings (SSSR count). The fourth-order valence-corrected chi connectivity index (χ4v) is 3.08. The minimum absolute atomic E-state index is 0.300. The topological polar surface area (TPSA) is 50.7 Å². The van der Waals surface area contributed by atoms with Crippen LogP contribution in [0.5, 0.6) is 5.75 Å². The number of ether oxygens (including phenoxy) is 1. The lowest BCUT2D eigenvalue weighted by Gasteiger charge is -2.07. The van der Waals surface area contributed by atoms with E-state index in [2.05, 4.69) is 17.5 Å². The summed E-state index contributed by atoms with van der Waals surface area (Å²) in [4.78, 5) is 12.3. The summed E-state index contributed by atoms with van der Waals surface area (Å²) >= 11 is 0. The van der Waals surface area contributed by atoms with Crippen LogP contribution in [-0.2, 0) is 0 Å². The number of hydrogen-bond acceptors (Lipinski definition) is 3. The number of hydrogen-bond donors (Lipinski definition) is 1. The molecule has 0 saturated carbocycles. The van der Waals surface area contributed by atoms with Crippen molar-refractivity contribution in [2.24, 2.45) is 5.10 Å². The van der Waals surface area contributed by atoms with Gasteiger partial charge in [0, 0.05) is 5.56 Å². The van der Waals surface area contributed by atoms with E-state index >= 15 is 0 Å². The lowest BCUT2D eigenvalue weighted by atomic mass is 10.1. The van der Waals surface area contributed by atoms with Gasteiger partial charge in [0.1, 0.15) is 11.6 Å². The maximum atomic E-state index is 13.0. The van der Waals surface area contributed by atoms with Gasteiger partial charge in [-0.15, -0.1) is 0 Å². The molecule has 0 bridgehead atoms. The van der Waals surface area contributed by atoms with Gasteiger partial charge in [-0.2, -0.15) is 5.10 Å². The summed E-state index contributed by atoms with van der Waals surface area (Å²) in [6.07, 6.45) is 10.1. The van der Waals surface area contributed by atoms with Crippen molar-refractivity contribution in [2.45, 2.75) is 65.2 Å². The van der Waals surface area contributed by atoms with Crippen LogP contribution in [0.15, 0.2) is 53.6 Å². The summed E-state index contributed by atoms with van der Waals surface area (Å²) in [7, 11) is 0. The van der Waals surface area contributed by atoms with Gasteiger partial charge in [0.2, 0.25) is 0 Å². The zero-order chi connectivity index (χ0) is 21.6. The Morgan fingerprint density at radius 1 is 0.867 bits per heavy atom. The molecule has 0 aliphatic heterocycles. The molecule has 0 unspecified atom stereocenters. The zero-order valence-corrected chi connectivity index (χ0v) is 18.1. The van der Waals surface area contributed by atoms with E-state index in [9.17, 15) is 9.18 Å². The Balaban J connectivity index is 1.68. The Bertz CT molecular complexity index is 786. The fourth-order valence-electron chi connectivity index (χ4n) is 3.08. The Morgan fingerprint density at radius 2 is 1.43 bits per heavy atom. The summed E-state index contributed by atoms with van der Waals surface area (Å²) in [6, 6.07) is 13.0. The van der Waals surface area contributed by atoms with Crippen LogP contribution in [0, 0.1) is 5.82 Å². The molecule has 2 aromatic carbocycles. The molecule has 0 atom stereocenters. The van der Waals surface area contributed by atoms with Crippen molar-refractivity contribution in [3.63, 3.8) is 0 Å². The number of halogens is 1. The van der Waals surface area contributed by atoms with Gasteiger partial charge in [0.05, 0.1) is 12.3 Å². The molecule has 162 valence electrons. The van der Waals surface area contributed by atoms with E-state index in [4.69, 9.17) is 4.74 Å². The normalized spacial score (nSPS) is 11.4. The Labute approximate surface area is 179 Å². The van der Waals surface area contributed by atoms with Gasteiger partial charge in [0.25, 0.3) is 5.91 Å². The molecule has 2 aromatic rings. The third-order valence-electron chi connectivity index (χ3n) is 4.97. The molecule has 1 N–H and O–H groups in total. The molecule has 0 fully saturated rings. The van der Waals surface area contributed by atoms with E-state index in [1.165, 1.54) is 57.1 Å². The number of hydrazone groups is 1. The summed E-state index contributed by atoms with van der Waals surface area (Å²) < 4.78 is 18.7. The minimum atomic E-state index is -0.305. The van der Waals surface area contributed by atoms with Crippen molar-refractivity contribution in [1.82, 2.24) is 5.43 Å². The average molecular weight is 413 g/mol. The SMILES string of the molecule is CCCCCCCCCCOc1ccc(C(=O)N/N=C(\C)c2ccc(F)cc2)cc1. The van der Waals surface area contributed by atoms with Crippen LogP contribution in [0.4, 0.5) is 4.39 Å². The molecule has 1 amide bonds. The van der Waals surface area contributed by atoms with E-state index in [1.54, 1.807) is 43.3 Å². The van der Waals surface area contributed by atoms with E-state index in [1.807, 2.05) is 0 Å². The number of nitrogens with one attached hydrogen (secondary N) is 1. The van der Waals surface area contributed by atoms with Crippen LogP contribution >= 0.6 is 0 Å². The highest BCUT2D eigenvalue weighted by Gasteiger charge is 2.06. The molecule has 4 nitrogen and oxygen atoms in total. The molecule has 0 aliphatic rings. The fraction of sp³-hybridized carbons (Fsp3) is 0.440. The number of amides is 1. The first-order valence-corrected chi connectivity index (χ1v) is 10.9. The number of carbonyl (C=O) groups excluding carboxylic acids is 1. The Kier molecular flexibility index (Phi) is 10.6. The quantitative estimate of drug-likeness (QED) is 0.232. The average Bonchev–Trinajstić information content (AvgIpc) is 2.77. The highest BCUT2D eigenvalue weighted by molar-refractivity contribution is 6.00. The molecule has 0 heterocycles. The first-order valence-electron chi connectivity index (χ1n) is 10.9. The first-order chi connectivity index (χ1) is 14.6. The van der Waals surface area contributed by atoms with Crippen LogP contribution in [0.2, 0.25) is 0 Å². The van der Waals surface area contributed by atoms with E-state index in [0.717, 1.165) is 17.7 Å². The number of benzene rings is 2. The van der Waals surface area contributed by atoms with Gasteiger partial charge in [-0.1, -0.05) is 64.0 Å². The predicted octanol–water partition coefficient (Wildman–Crippen LogP) is 6.50. The lowest BCUT2D eigenvalue weighted by molar-refractivity contribution is 0.0955. The number of unbranched alkanes of at least 4 members (excludes halogenated alkanes) is 7. The summed E-state index contributed by atoms with van der Waals surface area (Å²) in [5.41, 5.74) is 4.39. The summed E-state index contributed by atoms with van der Waals surface area (Å²) in [5.74, 6) is 0.159. The van der Waals surface area contributed by atoms with Crippen molar-refractivity contribution < 1.29 is 13.9 Å². The highest BCUT2D eigenvalue weighted by atomic mass is 19.1.